The normalized spacial score (nSPS) is 18.2. The minimum atomic E-state index is -0.960. The SMILES string of the molecule is Cc1ccc2cc(C(O)C3(C(=O)O)CC3)ccc2c1. The third kappa shape index (κ3) is 1.90. The van der Waals surface area contributed by atoms with E-state index in [0.717, 1.165) is 10.8 Å². The molecule has 0 aromatic heterocycles. The van der Waals surface area contributed by atoms with E-state index in [9.17, 15) is 15.0 Å². The molecule has 0 aliphatic heterocycles. The van der Waals surface area contributed by atoms with Crippen molar-refractivity contribution in [2.24, 2.45) is 5.41 Å². The summed E-state index contributed by atoms with van der Waals surface area (Å²) in [5.74, 6) is -0.899. The number of carbonyl (C=O) groups is 1. The number of aryl methyl sites for hydroxylation is 1. The summed E-state index contributed by atoms with van der Waals surface area (Å²) in [7, 11) is 0. The lowest BCUT2D eigenvalue weighted by atomic mass is 9.91. The van der Waals surface area contributed by atoms with Gasteiger partial charge in [0.15, 0.2) is 0 Å². The van der Waals surface area contributed by atoms with Gasteiger partial charge < -0.3 is 10.2 Å². The monoisotopic (exact) mass is 256 g/mol. The molecule has 2 aromatic carbocycles. The molecule has 1 aliphatic carbocycles. The van der Waals surface area contributed by atoms with E-state index in [1.165, 1.54) is 5.56 Å². The van der Waals surface area contributed by atoms with Gasteiger partial charge in [-0.15, -0.1) is 0 Å². The van der Waals surface area contributed by atoms with Crippen molar-refractivity contribution in [3.63, 3.8) is 0 Å². The molecule has 3 rings (SSSR count). The molecule has 2 N–H and O–H groups in total. The smallest absolute Gasteiger partial charge is 0.312 e. The Bertz CT molecular complexity index is 656. The second-order valence-electron chi connectivity index (χ2n) is 5.47. The van der Waals surface area contributed by atoms with Gasteiger partial charge in [0.05, 0.1) is 11.5 Å². The first kappa shape index (κ1) is 12.2. The molecule has 98 valence electrons. The highest BCUT2D eigenvalue weighted by Gasteiger charge is 2.56. The standard InChI is InChI=1S/C16H16O3/c1-10-2-3-12-9-13(5-4-11(12)8-10)14(17)16(6-7-16)15(18)19/h2-5,8-9,14,17H,6-7H2,1H3,(H,18,19). The Hall–Kier alpha value is -1.87. The van der Waals surface area contributed by atoms with Crippen LogP contribution in [-0.4, -0.2) is 16.2 Å². The van der Waals surface area contributed by atoms with Crippen molar-refractivity contribution in [3.05, 3.63) is 47.5 Å². The molecular weight excluding hydrogens is 240 g/mol. The average Bonchev–Trinajstić information content (AvgIpc) is 3.18. The minimum absolute atomic E-state index is 0.551. The number of fused-ring (bicyclic) bond motifs is 1. The molecule has 3 heteroatoms. The fourth-order valence-electron chi connectivity index (χ4n) is 2.61. The molecule has 0 radical (unpaired) electrons. The van der Waals surface area contributed by atoms with Gasteiger partial charge in [-0.05, 0) is 42.2 Å². The number of aliphatic hydroxyl groups excluding tert-OH is 1. The summed E-state index contributed by atoms with van der Waals surface area (Å²) in [5, 5.41) is 21.7. The van der Waals surface area contributed by atoms with Crippen molar-refractivity contribution in [1.29, 1.82) is 0 Å². The van der Waals surface area contributed by atoms with Crippen LogP contribution in [0.5, 0.6) is 0 Å². The van der Waals surface area contributed by atoms with E-state index < -0.39 is 17.5 Å². The quantitative estimate of drug-likeness (QED) is 0.887. The third-order valence-corrected chi connectivity index (χ3v) is 4.07. The van der Waals surface area contributed by atoms with Gasteiger partial charge in [0.25, 0.3) is 0 Å². The summed E-state index contributed by atoms with van der Waals surface area (Å²) in [6.07, 6.45) is 0.181. The Morgan fingerprint density at radius 3 is 2.42 bits per heavy atom. The predicted molar refractivity (Wildman–Crippen MR) is 72.9 cm³/mol. The Morgan fingerprint density at radius 1 is 1.16 bits per heavy atom. The lowest BCUT2D eigenvalue weighted by molar-refractivity contribution is -0.148. The summed E-state index contributed by atoms with van der Waals surface area (Å²) in [4.78, 5) is 11.2. The molecule has 0 amide bonds. The first-order valence-electron chi connectivity index (χ1n) is 6.45. The van der Waals surface area contributed by atoms with Crippen LogP contribution < -0.4 is 0 Å². The van der Waals surface area contributed by atoms with Gasteiger partial charge in [-0.1, -0.05) is 35.9 Å². The highest BCUT2D eigenvalue weighted by atomic mass is 16.4. The zero-order valence-electron chi connectivity index (χ0n) is 10.8. The first-order valence-corrected chi connectivity index (χ1v) is 6.45. The van der Waals surface area contributed by atoms with Crippen LogP contribution in [0.25, 0.3) is 10.8 Å². The van der Waals surface area contributed by atoms with Gasteiger partial charge in [0.1, 0.15) is 0 Å². The van der Waals surface area contributed by atoms with Gasteiger partial charge in [-0.3, -0.25) is 4.79 Å². The highest BCUT2D eigenvalue weighted by Crippen LogP contribution is 2.55. The van der Waals surface area contributed by atoms with E-state index in [4.69, 9.17) is 0 Å². The molecule has 3 nitrogen and oxygen atoms in total. The number of carboxylic acid groups (broad SMARTS) is 1. The molecule has 2 aromatic rings. The van der Waals surface area contributed by atoms with E-state index >= 15 is 0 Å². The van der Waals surface area contributed by atoms with Crippen molar-refractivity contribution < 1.29 is 15.0 Å². The topological polar surface area (TPSA) is 57.5 Å². The first-order chi connectivity index (χ1) is 9.03. The number of benzene rings is 2. The Kier molecular flexibility index (Phi) is 2.61. The van der Waals surface area contributed by atoms with Gasteiger partial charge in [-0.25, -0.2) is 0 Å². The number of hydrogen-bond donors (Lipinski definition) is 2. The molecular formula is C16H16O3. The summed E-state index contributed by atoms with van der Waals surface area (Å²) < 4.78 is 0. The molecule has 1 unspecified atom stereocenters. The van der Waals surface area contributed by atoms with E-state index in [-0.39, 0.29) is 0 Å². The summed E-state index contributed by atoms with van der Waals surface area (Å²) in [6.45, 7) is 2.03. The Labute approximate surface area is 111 Å². The molecule has 1 fully saturated rings. The lowest BCUT2D eigenvalue weighted by Crippen LogP contribution is -2.23. The number of rotatable bonds is 3. The van der Waals surface area contributed by atoms with Crippen molar-refractivity contribution >= 4 is 16.7 Å². The second kappa shape index (κ2) is 4.07. The van der Waals surface area contributed by atoms with Crippen molar-refractivity contribution in [3.8, 4) is 0 Å². The van der Waals surface area contributed by atoms with Crippen molar-refractivity contribution in [1.82, 2.24) is 0 Å². The van der Waals surface area contributed by atoms with Gasteiger partial charge in [0, 0.05) is 0 Å². The molecule has 1 atom stereocenters. The maximum absolute atomic E-state index is 11.2. The van der Waals surface area contributed by atoms with E-state index in [1.807, 2.05) is 37.3 Å². The van der Waals surface area contributed by atoms with Gasteiger partial charge in [-0.2, -0.15) is 0 Å². The number of carboxylic acids is 1. The van der Waals surface area contributed by atoms with Crippen LogP contribution in [0.1, 0.15) is 30.1 Å². The summed E-state index contributed by atoms with van der Waals surface area (Å²) in [5.41, 5.74) is 0.916. The third-order valence-electron chi connectivity index (χ3n) is 4.07. The highest BCUT2D eigenvalue weighted by molar-refractivity contribution is 5.84. The Morgan fingerprint density at radius 2 is 1.79 bits per heavy atom. The molecule has 0 heterocycles. The van der Waals surface area contributed by atoms with Crippen LogP contribution in [0, 0.1) is 12.3 Å². The number of aliphatic carboxylic acids is 1. The number of hydrogen-bond acceptors (Lipinski definition) is 2. The van der Waals surface area contributed by atoms with E-state index in [0.29, 0.717) is 18.4 Å². The van der Waals surface area contributed by atoms with E-state index in [1.54, 1.807) is 0 Å². The maximum atomic E-state index is 11.2. The molecule has 0 spiro atoms. The second-order valence-corrected chi connectivity index (χ2v) is 5.47. The Balaban J connectivity index is 2.02. The van der Waals surface area contributed by atoms with Crippen LogP contribution in [0.2, 0.25) is 0 Å². The molecule has 1 saturated carbocycles. The molecule has 0 saturated heterocycles. The largest absolute Gasteiger partial charge is 0.481 e. The predicted octanol–water partition coefficient (Wildman–Crippen LogP) is 3.05. The van der Waals surface area contributed by atoms with Crippen LogP contribution in [0.15, 0.2) is 36.4 Å². The summed E-state index contributed by atoms with van der Waals surface area (Å²) in [6, 6.07) is 11.8. The average molecular weight is 256 g/mol. The molecule has 1 aliphatic rings. The van der Waals surface area contributed by atoms with Crippen LogP contribution in [0.4, 0.5) is 0 Å². The van der Waals surface area contributed by atoms with Crippen molar-refractivity contribution in [2.75, 3.05) is 0 Å². The lowest BCUT2D eigenvalue weighted by Gasteiger charge is -2.18. The fourth-order valence-corrected chi connectivity index (χ4v) is 2.61. The zero-order valence-corrected chi connectivity index (χ0v) is 10.8. The fraction of sp³-hybridized carbons (Fsp3) is 0.312. The number of aliphatic hydroxyl groups is 1. The van der Waals surface area contributed by atoms with Crippen molar-refractivity contribution in [2.45, 2.75) is 25.9 Å². The molecule has 19 heavy (non-hydrogen) atoms. The van der Waals surface area contributed by atoms with E-state index in [2.05, 4.69) is 6.07 Å². The maximum Gasteiger partial charge on any atom is 0.312 e. The van der Waals surface area contributed by atoms with Gasteiger partial charge in [0.2, 0.25) is 0 Å². The van der Waals surface area contributed by atoms with Crippen LogP contribution in [-0.2, 0) is 4.79 Å². The zero-order chi connectivity index (χ0) is 13.6. The minimum Gasteiger partial charge on any atom is -0.481 e. The van der Waals surface area contributed by atoms with Crippen LogP contribution in [0.3, 0.4) is 0 Å². The summed E-state index contributed by atoms with van der Waals surface area (Å²) >= 11 is 0. The van der Waals surface area contributed by atoms with Crippen LogP contribution >= 0.6 is 0 Å². The molecule has 0 bridgehead atoms. The van der Waals surface area contributed by atoms with Gasteiger partial charge >= 0.3 is 5.97 Å².